The maximum Gasteiger partial charge on any atom is 0.280 e. The van der Waals surface area contributed by atoms with Crippen molar-refractivity contribution >= 4 is 5.91 Å². The zero-order chi connectivity index (χ0) is 22.7. The zero-order valence-electron chi connectivity index (χ0n) is 18.1. The quantitative estimate of drug-likeness (QED) is 0.538. The van der Waals surface area contributed by atoms with Crippen LogP contribution in [0.15, 0.2) is 40.9 Å². The van der Waals surface area contributed by atoms with E-state index in [1.54, 1.807) is 25.1 Å². The lowest BCUT2D eigenvalue weighted by molar-refractivity contribution is -0.136. The first-order valence-corrected chi connectivity index (χ1v) is 10.6. The fraction of sp³-hybridized carbons (Fsp3) is 0.435. The molecule has 3 heterocycles. The standard InChI is InChI=1S/C23H26F2N4O3/c1-15-10-20(22(24)25)29(27-15)14-21(30)28-9-4-3-8-19(28)23-26-13-18(32-23)12-16-6-5-7-17(11-16)31-2/h5-7,10-11,13,19,22H,3-4,8-9,12,14H2,1-2H3. The third-order valence-corrected chi connectivity index (χ3v) is 5.63. The number of amides is 1. The van der Waals surface area contributed by atoms with Crippen molar-refractivity contribution in [3.8, 4) is 5.75 Å². The summed E-state index contributed by atoms with van der Waals surface area (Å²) in [4.78, 5) is 19.2. The van der Waals surface area contributed by atoms with Crippen molar-refractivity contribution < 1.29 is 22.7 Å². The third kappa shape index (κ3) is 4.81. The number of aryl methyl sites for hydroxylation is 1. The fourth-order valence-corrected chi connectivity index (χ4v) is 4.12. The first-order chi connectivity index (χ1) is 15.4. The van der Waals surface area contributed by atoms with Crippen LogP contribution in [0.5, 0.6) is 5.75 Å². The number of oxazole rings is 1. The lowest BCUT2D eigenvalue weighted by Crippen LogP contribution is -2.40. The topological polar surface area (TPSA) is 73.4 Å². The van der Waals surface area contributed by atoms with Gasteiger partial charge in [-0.3, -0.25) is 9.48 Å². The highest BCUT2D eigenvalue weighted by atomic mass is 19.3. The van der Waals surface area contributed by atoms with Crippen LogP contribution < -0.4 is 4.74 Å². The molecule has 170 valence electrons. The first kappa shape index (κ1) is 22.0. The van der Waals surface area contributed by atoms with E-state index in [1.807, 2.05) is 24.3 Å². The second-order valence-corrected chi connectivity index (χ2v) is 7.96. The molecule has 1 atom stereocenters. The van der Waals surface area contributed by atoms with E-state index in [0.717, 1.165) is 28.8 Å². The number of ether oxygens (including phenoxy) is 1. The number of halogens is 2. The third-order valence-electron chi connectivity index (χ3n) is 5.63. The molecule has 1 aliphatic rings. The summed E-state index contributed by atoms with van der Waals surface area (Å²) in [5, 5.41) is 4.07. The van der Waals surface area contributed by atoms with Gasteiger partial charge >= 0.3 is 0 Å². The number of alkyl halides is 2. The highest BCUT2D eigenvalue weighted by Crippen LogP contribution is 2.32. The van der Waals surface area contributed by atoms with Crippen molar-refractivity contribution in [1.29, 1.82) is 0 Å². The molecule has 0 saturated carbocycles. The molecular weight excluding hydrogens is 418 g/mol. The Morgan fingerprint density at radius 2 is 2.16 bits per heavy atom. The van der Waals surface area contributed by atoms with Crippen LogP contribution in [0.3, 0.4) is 0 Å². The molecule has 32 heavy (non-hydrogen) atoms. The second kappa shape index (κ2) is 9.50. The fourth-order valence-electron chi connectivity index (χ4n) is 4.12. The lowest BCUT2D eigenvalue weighted by atomic mass is 10.0. The number of carbonyl (C=O) groups is 1. The van der Waals surface area contributed by atoms with E-state index >= 15 is 0 Å². The van der Waals surface area contributed by atoms with E-state index < -0.39 is 6.43 Å². The number of methoxy groups -OCH3 is 1. The predicted molar refractivity (Wildman–Crippen MR) is 113 cm³/mol. The molecule has 1 aliphatic heterocycles. The molecule has 1 aromatic carbocycles. The van der Waals surface area contributed by atoms with Gasteiger partial charge < -0.3 is 14.1 Å². The van der Waals surface area contributed by atoms with Crippen molar-refractivity contribution in [3.05, 3.63) is 65.1 Å². The Morgan fingerprint density at radius 3 is 2.94 bits per heavy atom. The van der Waals surface area contributed by atoms with Crippen molar-refractivity contribution in [2.24, 2.45) is 0 Å². The first-order valence-electron chi connectivity index (χ1n) is 10.6. The lowest BCUT2D eigenvalue weighted by Gasteiger charge is -2.34. The summed E-state index contributed by atoms with van der Waals surface area (Å²) >= 11 is 0. The van der Waals surface area contributed by atoms with E-state index in [-0.39, 0.29) is 24.2 Å². The summed E-state index contributed by atoms with van der Waals surface area (Å²) in [6.45, 7) is 1.93. The summed E-state index contributed by atoms with van der Waals surface area (Å²) in [7, 11) is 1.62. The Hall–Kier alpha value is -3.23. The molecule has 9 heteroatoms. The smallest absolute Gasteiger partial charge is 0.280 e. The van der Waals surface area contributed by atoms with Gasteiger partial charge in [-0.25, -0.2) is 13.8 Å². The molecule has 1 fully saturated rings. The molecule has 7 nitrogen and oxygen atoms in total. The van der Waals surface area contributed by atoms with Crippen LogP contribution in [0, 0.1) is 6.92 Å². The SMILES string of the molecule is COc1cccc(Cc2cnc(C3CCCCN3C(=O)Cn3nc(C)cc3C(F)F)o2)c1. The second-order valence-electron chi connectivity index (χ2n) is 7.96. The number of rotatable bonds is 7. The van der Waals surface area contributed by atoms with E-state index in [9.17, 15) is 13.6 Å². The maximum atomic E-state index is 13.3. The van der Waals surface area contributed by atoms with Gasteiger partial charge in [-0.05, 0) is 49.9 Å². The Morgan fingerprint density at radius 1 is 1.31 bits per heavy atom. The number of carbonyl (C=O) groups excluding carboxylic acids is 1. The van der Waals surface area contributed by atoms with Crippen LogP contribution >= 0.6 is 0 Å². The average molecular weight is 444 g/mol. The molecule has 2 aromatic heterocycles. The molecule has 0 bridgehead atoms. The van der Waals surface area contributed by atoms with E-state index in [1.165, 1.54) is 6.07 Å². The van der Waals surface area contributed by atoms with Crippen molar-refractivity contribution in [2.75, 3.05) is 13.7 Å². The molecule has 1 saturated heterocycles. The van der Waals surface area contributed by atoms with E-state index in [2.05, 4.69) is 10.1 Å². The average Bonchev–Trinajstić information content (AvgIpc) is 3.40. The Balaban J connectivity index is 1.49. The highest BCUT2D eigenvalue weighted by molar-refractivity contribution is 5.76. The molecule has 0 aliphatic carbocycles. The normalized spacial score (nSPS) is 16.5. The van der Waals surface area contributed by atoms with Crippen molar-refractivity contribution in [2.45, 2.75) is 51.6 Å². The molecular formula is C23H26F2N4O3. The molecule has 3 aromatic rings. The molecule has 1 amide bonds. The number of aromatic nitrogens is 3. The summed E-state index contributed by atoms with van der Waals surface area (Å²) < 4.78 is 38.9. The number of piperidine rings is 1. The van der Waals surface area contributed by atoms with Gasteiger partial charge in [-0.1, -0.05) is 12.1 Å². The maximum absolute atomic E-state index is 13.3. The number of nitrogens with zero attached hydrogens (tertiary/aromatic N) is 4. The Kier molecular flexibility index (Phi) is 6.53. The highest BCUT2D eigenvalue weighted by Gasteiger charge is 2.32. The zero-order valence-corrected chi connectivity index (χ0v) is 18.1. The van der Waals surface area contributed by atoms with Crippen LogP contribution in [-0.2, 0) is 17.8 Å². The summed E-state index contributed by atoms with van der Waals surface area (Å²) in [5.74, 6) is 1.66. The summed E-state index contributed by atoms with van der Waals surface area (Å²) in [5.41, 5.74) is 1.23. The molecule has 0 radical (unpaired) electrons. The summed E-state index contributed by atoms with van der Waals surface area (Å²) in [6, 6.07) is 8.70. The van der Waals surface area contributed by atoms with Crippen LogP contribution in [0.1, 0.15) is 60.3 Å². The molecule has 1 unspecified atom stereocenters. The summed E-state index contributed by atoms with van der Waals surface area (Å²) in [6.07, 6.45) is 2.04. The largest absolute Gasteiger partial charge is 0.497 e. The van der Waals surface area contributed by atoms with Gasteiger partial charge in [0.25, 0.3) is 6.43 Å². The van der Waals surface area contributed by atoms with Gasteiger partial charge in [0.1, 0.15) is 29.8 Å². The van der Waals surface area contributed by atoms with Gasteiger partial charge in [-0.2, -0.15) is 5.10 Å². The van der Waals surface area contributed by atoms with Crippen molar-refractivity contribution in [3.63, 3.8) is 0 Å². The number of hydrogen-bond acceptors (Lipinski definition) is 5. The van der Waals surface area contributed by atoms with Crippen LogP contribution in [0.4, 0.5) is 8.78 Å². The van der Waals surface area contributed by atoms with Crippen LogP contribution in [-0.4, -0.2) is 39.2 Å². The predicted octanol–water partition coefficient (Wildman–Crippen LogP) is 4.47. The number of hydrogen-bond donors (Lipinski definition) is 0. The number of likely N-dealkylation sites (tertiary alicyclic amines) is 1. The van der Waals surface area contributed by atoms with Gasteiger partial charge in [0, 0.05) is 13.0 Å². The monoisotopic (exact) mass is 444 g/mol. The van der Waals surface area contributed by atoms with Gasteiger partial charge in [0.15, 0.2) is 0 Å². The Labute approximate surface area is 185 Å². The van der Waals surface area contributed by atoms with Crippen molar-refractivity contribution in [1.82, 2.24) is 19.7 Å². The minimum atomic E-state index is -2.69. The van der Waals surface area contributed by atoms with E-state index in [0.29, 0.717) is 36.7 Å². The van der Waals surface area contributed by atoms with Crippen LogP contribution in [0.2, 0.25) is 0 Å². The van der Waals surface area contributed by atoms with Crippen LogP contribution in [0.25, 0.3) is 0 Å². The molecule has 0 N–H and O–H groups in total. The molecule has 4 rings (SSSR count). The minimum absolute atomic E-state index is 0.235. The van der Waals surface area contributed by atoms with Gasteiger partial charge in [-0.15, -0.1) is 0 Å². The van der Waals surface area contributed by atoms with Gasteiger partial charge in [0.2, 0.25) is 11.8 Å². The van der Waals surface area contributed by atoms with Gasteiger partial charge in [0.05, 0.1) is 19.0 Å². The molecule has 0 spiro atoms. The minimum Gasteiger partial charge on any atom is -0.497 e. The Bertz CT molecular complexity index is 1080. The number of benzene rings is 1. The van der Waals surface area contributed by atoms with E-state index in [4.69, 9.17) is 9.15 Å².